The fourth-order valence-electron chi connectivity index (χ4n) is 3.39. The van der Waals surface area contributed by atoms with Crippen LogP contribution in [-0.2, 0) is 14.8 Å². The number of piperidine rings is 1. The van der Waals surface area contributed by atoms with Crippen molar-refractivity contribution in [2.75, 3.05) is 19.6 Å². The third kappa shape index (κ3) is 5.25. The predicted molar refractivity (Wildman–Crippen MR) is 115 cm³/mol. The molecule has 2 amide bonds. The first kappa shape index (κ1) is 22.0. The van der Waals surface area contributed by atoms with Gasteiger partial charge in [0.1, 0.15) is 0 Å². The van der Waals surface area contributed by atoms with Gasteiger partial charge in [0.2, 0.25) is 15.9 Å². The van der Waals surface area contributed by atoms with E-state index in [1.807, 2.05) is 26.0 Å². The molecule has 1 aliphatic heterocycles. The van der Waals surface area contributed by atoms with Crippen molar-refractivity contribution in [3.63, 3.8) is 0 Å². The Hall–Kier alpha value is -2.71. The fraction of sp³-hybridized carbons (Fsp3) is 0.364. The summed E-state index contributed by atoms with van der Waals surface area (Å²) in [4.78, 5) is 24.5. The van der Waals surface area contributed by atoms with E-state index in [0.717, 1.165) is 11.1 Å². The van der Waals surface area contributed by atoms with E-state index in [9.17, 15) is 18.0 Å². The minimum absolute atomic E-state index is 0.114. The predicted octanol–water partition coefficient (Wildman–Crippen LogP) is 2.00. The van der Waals surface area contributed by atoms with Crippen molar-refractivity contribution < 1.29 is 18.0 Å². The molecule has 0 bridgehead atoms. The highest BCUT2D eigenvalue weighted by Gasteiger charge is 2.30. The summed E-state index contributed by atoms with van der Waals surface area (Å²) in [6, 6.07) is 13.7. The Morgan fingerprint density at radius 3 is 2.30 bits per heavy atom. The summed E-state index contributed by atoms with van der Waals surface area (Å²) in [5.74, 6) is -0.588. The smallest absolute Gasteiger partial charge is 0.251 e. The van der Waals surface area contributed by atoms with E-state index in [1.165, 1.54) is 4.31 Å². The lowest BCUT2D eigenvalue weighted by molar-refractivity contribution is -0.121. The molecule has 0 radical (unpaired) electrons. The Kier molecular flexibility index (Phi) is 6.89. The lowest BCUT2D eigenvalue weighted by Gasteiger charge is -2.31. The highest BCUT2D eigenvalue weighted by atomic mass is 32.2. The first-order valence-electron chi connectivity index (χ1n) is 9.97. The molecule has 0 saturated carbocycles. The van der Waals surface area contributed by atoms with Gasteiger partial charge in [-0.05, 0) is 62.1 Å². The monoisotopic (exact) mass is 429 g/mol. The molecule has 0 unspecified atom stereocenters. The molecule has 160 valence electrons. The average Bonchev–Trinajstić information content (AvgIpc) is 2.75. The van der Waals surface area contributed by atoms with E-state index in [2.05, 4.69) is 10.6 Å². The van der Waals surface area contributed by atoms with Crippen molar-refractivity contribution >= 4 is 21.8 Å². The van der Waals surface area contributed by atoms with Crippen LogP contribution in [0.5, 0.6) is 0 Å². The molecule has 7 nitrogen and oxygen atoms in total. The van der Waals surface area contributed by atoms with Crippen molar-refractivity contribution in [3.8, 4) is 0 Å². The SMILES string of the molecule is Cc1ccc(S(=O)(=O)N2CCC(NC(=O)CNC(=O)c3ccccc3)CC2)cc1C. The summed E-state index contributed by atoms with van der Waals surface area (Å²) in [7, 11) is -3.54. The zero-order valence-electron chi connectivity index (χ0n) is 17.2. The van der Waals surface area contributed by atoms with Gasteiger partial charge in [-0.1, -0.05) is 24.3 Å². The van der Waals surface area contributed by atoms with Crippen molar-refractivity contribution in [1.82, 2.24) is 14.9 Å². The molecule has 2 aromatic rings. The topological polar surface area (TPSA) is 95.6 Å². The summed E-state index contributed by atoms with van der Waals surface area (Å²) in [5.41, 5.74) is 2.49. The summed E-state index contributed by atoms with van der Waals surface area (Å²) in [5, 5.41) is 5.47. The quantitative estimate of drug-likeness (QED) is 0.734. The van der Waals surface area contributed by atoms with Gasteiger partial charge in [0, 0.05) is 24.7 Å². The second-order valence-electron chi connectivity index (χ2n) is 7.54. The number of amides is 2. The van der Waals surface area contributed by atoms with Gasteiger partial charge in [0.15, 0.2) is 0 Å². The van der Waals surface area contributed by atoms with E-state index < -0.39 is 10.0 Å². The van der Waals surface area contributed by atoms with Crippen LogP contribution in [0.4, 0.5) is 0 Å². The maximum atomic E-state index is 12.9. The number of hydrogen-bond donors (Lipinski definition) is 2. The van der Waals surface area contributed by atoms with Gasteiger partial charge >= 0.3 is 0 Å². The van der Waals surface area contributed by atoms with Gasteiger partial charge in [0.05, 0.1) is 11.4 Å². The molecule has 0 aromatic heterocycles. The molecule has 1 aliphatic rings. The van der Waals surface area contributed by atoms with E-state index in [0.29, 0.717) is 36.4 Å². The summed E-state index contributed by atoms with van der Waals surface area (Å²) in [6.45, 7) is 4.41. The van der Waals surface area contributed by atoms with Crippen molar-refractivity contribution in [2.24, 2.45) is 0 Å². The Balaban J connectivity index is 1.48. The number of sulfonamides is 1. The molecule has 0 spiro atoms. The highest BCUT2D eigenvalue weighted by molar-refractivity contribution is 7.89. The summed E-state index contributed by atoms with van der Waals surface area (Å²) < 4.78 is 27.2. The maximum Gasteiger partial charge on any atom is 0.251 e. The second kappa shape index (κ2) is 9.40. The highest BCUT2D eigenvalue weighted by Crippen LogP contribution is 2.22. The first-order valence-corrected chi connectivity index (χ1v) is 11.4. The molecule has 1 heterocycles. The molecule has 0 atom stereocenters. The van der Waals surface area contributed by atoms with Crippen LogP contribution in [0.3, 0.4) is 0 Å². The van der Waals surface area contributed by atoms with E-state index >= 15 is 0 Å². The van der Waals surface area contributed by atoms with Gasteiger partial charge in [-0.2, -0.15) is 4.31 Å². The average molecular weight is 430 g/mol. The second-order valence-corrected chi connectivity index (χ2v) is 9.48. The molecule has 0 aliphatic carbocycles. The van der Waals surface area contributed by atoms with Crippen LogP contribution in [0.2, 0.25) is 0 Å². The Bertz CT molecular complexity index is 1010. The Morgan fingerprint density at radius 2 is 1.67 bits per heavy atom. The molecular weight excluding hydrogens is 402 g/mol. The largest absolute Gasteiger partial charge is 0.352 e. The standard InChI is InChI=1S/C22H27N3O4S/c1-16-8-9-20(14-17(16)2)30(28,29)25-12-10-19(11-13-25)24-21(26)15-23-22(27)18-6-4-3-5-7-18/h3-9,14,19H,10-13,15H2,1-2H3,(H,23,27)(H,24,26). The molecular formula is C22H27N3O4S. The van der Waals surface area contributed by atoms with Crippen LogP contribution in [0.15, 0.2) is 53.4 Å². The van der Waals surface area contributed by atoms with Gasteiger partial charge in [-0.15, -0.1) is 0 Å². The lowest BCUT2D eigenvalue weighted by atomic mass is 10.1. The molecule has 2 aromatic carbocycles. The van der Waals surface area contributed by atoms with Crippen LogP contribution in [0.1, 0.15) is 34.3 Å². The molecule has 2 N–H and O–H groups in total. The number of nitrogens with one attached hydrogen (secondary N) is 2. The number of hydrogen-bond acceptors (Lipinski definition) is 4. The number of aryl methyl sites for hydroxylation is 2. The Labute approximate surface area is 177 Å². The summed E-state index contributed by atoms with van der Waals surface area (Å²) >= 11 is 0. The molecule has 1 fully saturated rings. The third-order valence-electron chi connectivity index (χ3n) is 5.38. The maximum absolute atomic E-state index is 12.9. The number of nitrogens with zero attached hydrogens (tertiary/aromatic N) is 1. The van der Waals surface area contributed by atoms with Crippen LogP contribution in [-0.4, -0.2) is 50.2 Å². The van der Waals surface area contributed by atoms with Gasteiger partial charge in [0.25, 0.3) is 5.91 Å². The van der Waals surface area contributed by atoms with Gasteiger partial charge < -0.3 is 10.6 Å². The van der Waals surface area contributed by atoms with Crippen LogP contribution < -0.4 is 10.6 Å². The van der Waals surface area contributed by atoms with Gasteiger partial charge in [-0.25, -0.2) is 8.42 Å². The fourth-order valence-corrected chi connectivity index (χ4v) is 4.95. The lowest BCUT2D eigenvalue weighted by Crippen LogP contribution is -2.48. The van der Waals surface area contributed by atoms with E-state index in [4.69, 9.17) is 0 Å². The zero-order chi connectivity index (χ0) is 21.7. The number of carbonyl (C=O) groups is 2. The van der Waals surface area contributed by atoms with E-state index in [-0.39, 0.29) is 24.4 Å². The Morgan fingerprint density at radius 1 is 1.00 bits per heavy atom. The van der Waals surface area contributed by atoms with Crippen LogP contribution in [0, 0.1) is 13.8 Å². The van der Waals surface area contributed by atoms with Crippen molar-refractivity contribution in [3.05, 3.63) is 65.2 Å². The third-order valence-corrected chi connectivity index (χ3v) is 7.28. The molecule has 3 rings (SSSR count). The summed E-state index contributed by atoms with van der Waals surface area (Å²) in [6.07, 6.45) is 1.06. The van der Waals surface area contributed by atoms with Crippen LogP contribution >= 0.6 is 0 Å². The minimum atomic E-state index is -3.54. The normalized spacial score (nSPS) is 15.5. The number of benzene rings is 2. The molecule has 1 saturated heterocycles. The molecule has 30 heavy (non-hydrogen) atoms. The zero-order valence-corrected chi connectivity index (χ0v) is 18.0. The molecule has 8 heteroatoms. The first-order chi connectivity index (χ1) is 14.3. The van der Waals surface area contributed by atoms with Crippen LogP contribution in [0.25, 0.3) is 0 Å². The minimum Gasteiger partial charge on any atom is -0.352 e. The number of rotatable bonds is 6. The van der Waals surface area contributed by atoms with Crippen molar-refractivity contribution in [1.29, 1.82) is 0 Å². The van der Waals surface area contributed by atoms with Gasteiger partial charge in [-0.3, -0.25) is 9.59 Å². The number of carbonyl (C=O) groups excluding carboxylic acids is 2. The van der Waals surface area contributed by atoms with Crippen molar-refractivity contribution in [2.45, 2.75) is 37.6 Å². The van der Waals surface area contributed by atoms with E-state index in [1.54, 1.807) is 36.4 Å².